The van der Waals surface area contributed by atoms with Gasteiger partial charge in [-0.3, -0.25) is 0 Å². The summed E-state index contributed by atoms with van der Waals surface area (Å²) in [6.07, 6.45) is 7.05. The molecule has 0 N–H and O–H groups in total. The lowest BCUT2D eigenvalue weighted by molar-refractivity contribution is 0.357. The molecule has 1 aliphatic heterocycles. The van der Waals surface area contributed by atoms with E-state index in [1.54, 1.807) is 5.57 Å². The third-order valence-electron chi connectivity index (χ3n) is 3.40. The molecule has 0 bridgehead atoms. The number of rotatable bonds is 1. The van der Waals surface area contributed by atoms with Crippen LogP contribution in [0.15, 0.2) is 18.2 Å². The van der Waals surface area contributed by atoms with Crippen molar-refractivity contribution in [2.75, 3.05) is 6.61 Å². The Labute approximate surface area is 90.8 Å². The molecule has 0 aromatic heterocycles. The minimum atomic E-state index is 0.866. The number of aryl methyl sites for hydroxylation is 1. The molecule has 1 aromatic carbocycles. The molecule has 0 amide bonds. The minimum absolute atomic E-state index is 0.866. The maximum absolute atomic E-state index is 5.62. The number of allylic oxidation sites excluding steroid dienone is 2. The first kappa shape index (κ1) is 9.02. The highest BCUT2D eigenvalue weighted by Crippen LogP contribution is 2.41. The zero-order valence-electron chi connectivity index (χ0n) is 9.18. The van der Waals surface area contributed by atoms with Gasteiger partial charge in [0, 0.05) is 12.0 Å². The van der Waals surface area contributed by atoms with Gasteiger partial charge in [0.2, 0.25) is 0 Å². The number of fused-ring (bicyclic) bond motifs is 3. The number of hydrogen-bond acceptors (Lipinski definition) is 1. The predicted octanol–water partition coefficient (Wildman–Crippen LogP) is 3.36. The summed E-state index contributed by atoms with van der Waals surface area (Å²) in [7, 11) is 0. The normalized spacial score (nSPS) is 20.2. The molecule has 0 atom stereocenters. The van der Waals surface area contributed by atoms with Gasteiger partial charge in [0.05, 0.1) is 6.61 Å². The van der Waals surface area contributed by atoms with E-state index in [1.807, 2.05) is 0 Å². The van der Waals surface area contributed by atoms with Gasteiger partial charge in [-0.2, -0.15) is 0 Å². The molecule has 1 heteroatoms. The summed E-state index contributed by atoms with van der Waals surface area (Å²) >= 11 is 0. The highest BCUT2D eigenvalue weighted by atomic mass is 16.5. The molecule has 2 aliphatic rings. The Morgan fingerprint density at radius 1 is 1.27 bits per heavy atom. The molecule has 0 saturated carbocycles. The number of benzene rings is 1. The quantitative estimate of drug-likeness (QED) is 0.675. The topological polar surface area (TPSA) is 9.23 Å². The standard InChI is InChI=1S/C14H16O/c1-2-3-10-4-5-11-6-7-13-12(14(10)11)8-9-15-13/h3,6-7H,2,4-5,8-9H2,1H3. The van der Waals surface area contributed by atoms with Crippen molar-refractivity contribution in [1.29, 1.82) is 0 Å². The third kappa shape index (κ3) is 1.30. The van der Waals surface area contributed by atoms with Gasteiger partial charge in [-0.1, -0.05) is 19.1 Å². The van der Waals surface area contributed by atoms with Gasteiger partial charge in [-0.25, -0.2) is 0 Å². The van der Waals surface area contributed by atoms with Crippen LogP contribution in [-0.4, -0.2) is 6.61 Å². The smallest absolute Gasteiger partial charge is 0.123 e. The Hall–Kier alpha value is -1.24. The molecular formula is C14H16O. The van der Waals surface area contributed by atoms with Crippen molar-refractivity contribution >= 4 is 5.57 Å². The fourth-order valence-electron chi connectivity index (χ4n) is 2.78. The molecule has 0 fully saturated rings. The third-order valence-corrected chi connectivity index (χ3v) is 3.40. The molecule has 1 aromatic rings. The van der Waals surface area contributed by atoms with E-state index in [-0.39, 0.29) is 0 Å². The van der Waals surface area contributed by atoms with Crippen LogP contribution in [0.1, 0.15) is 36.5 Å². The van der Waals surface area contributed by atoms with Gasteiger partial charge in [-0.05, 0) is 42.0 Å². The van der Waals surface area contributed by atoms with Crippen LogP contribution < -0.4 is 4.74 Å². The Kier molecular flexibility index (Phi) is 2.05. The molecule has 78 valence electrons. The van der Waals surface area contributed by atoms with Gasteiger partial charge < -0.3 is 4.74 Å². The van der Waals surface area contributed by atoms with Gasteiger partial charge >= 0.3 is 0 Å². The lowest BCUT2D eigenvalue weighted by Gasteiger charge is -2.07. The fourth-order valence-corrected chi connectivity index (χ4v) is 2.78. The molecule has 15 heavy (non-hydrogen) atoms. The second kappa shape index (κ2) is 3.41. The van der Waals surface area contributed by atoms with Crippen molar-refractivity contribution in [3.8, 4) is 5.75 Å². The van der Waals surface area contributed by atoms with E-state index >= 15 is 0 Å². The van der Waals surface area contributed by atoms with E-state index in [2.05, 4.69) is 25.1 Å². The highest BCUT2D eigenvalue weighted by Gasteiger charge is 2.24. The van der Waals surface area contributed by atoms with Crippen molar-refractivity contribution < 1.29 is 4.74 Å². The molecule has 1 heterocycles. The fraction of sp³-hybridized carbons (Fsp3) is 0.429. The van der Waals surface area contributed by atoms with Crippen molar-refractivity contribution in [3.63, 3.8) is 0 Å². The van der Waals surface area contributed by atoms with E-state index in [0.29, 0.717) is 0 Å². The first-order valence-electron chi connectivity index (χ1n) is 5.87. The van der Waals surface area contributed by atoms with Gasteiger partial charge in [0.25, 0.3) is 0 Å². The molecule has 3 rings (SSSR count). The second-order valence-electron chi connectivity index (χ2n) is 4.31. The molecule has 0 spiro atoms. The predicted molar refractivity (Wildman–Crippen MR) is 62.2 cm³/mol. The molecular weight excluding hydrogens is 184 g/mol. The summed E-state index contributed by atoms with van der Waals surface area (Å²) in [4.78, 5) is 0. The van der Waals surface area contributed by atoms with Crippen LogP contribution in [0, 0.1) is 0 Å². The van der Waals surface area contributed by atoms with Crippen molar-refractivity contribution in [2.24, 2.45) is 0 Å². The van der Waals surface area contributed by atoms with Crippen LogP contribution in [0.4, 0.5) is 0 Å². The summed E-state index contributed by atoms with van der Waals surface area (Å²) in [5.41, 5.74) is 6.06. The monoisotopic (exact) mass is 200 g/mol. The van der Waals surface area contributed by atoms with Crippen molar-refractivity contribution in [2.45, 2.75) is 32.6 Å². The lowest BCUT2D eigenvalue weighted by atomic mass is 9.98. The maximum Gasteiger partial charge on any atom is 0.123 e. The van der Waals surface area contributed by atoms with Gasteiger partial charge in [-0.15, -0.1) is 0 Å². The average molecular weight is 200 g/mol. The highest BCUT2D eigenvalue weighted by molar-refractivity contribution is 5.77. The first-order chi connectivity index (χ1) is 7.40. The number of ether oxygens (including phenoxy) is 1. The molecule has 1 nitrogen and oxygen atoms in total. The summed E-state index contributed by atoms with van der Waals surface area (Å²) in [5.74, 6) is 1.12. The molecule has 0 saturated heterocycles. The van der Waals surface area contributed by atoms with E-state index in [1.165, 1.54) is 29.5 Å². The summed E-state index contributed by atoms with van der Waals surface area (Å²) in [6.45, 7) is 3.08. The first-order valence-corrected chi connectivity index (χ1v) is 5.87. The van der Waals surface area contributed by atoms with Gasteiger partial charge in [0.1, 0.15) is 5.75 Å². The van der Waals surface area contributed by atoms with Crippen molar-refractivity contribution in [1.82, 2.24) is 0 Å². The molecule has 0 radical (unpaired) electrons. The Bertz CT molecular complexity index is 429. The van der Waals surface area contributed by atoms with Crippen LogP contribution >= 0.6 is 0 Å². The van der Waals surface area contributed by atoms with Crippen LogP contribution in [0.25, 0.3) is 5.57 Å². The van der Waals surface area contributed by atoms with Gasteiger partial charge in [0.15, 0.2) is 0 Å². The van der Waals surface area contributed by atoms with Crippen LogP contribution in [0.3, 0.4) is 0 Å². The average Bonchev–Trinajstić information content (AvgIpc) is 2.83. The lowest BCUT2D eigenvalue weighted by Crippen LogP contribution is -1.89. The van der Waals surface area contributed by atoms with E-state index in [0.717, 1.165) is 25.2 Å². The van der Waals surface area contributed by atoms with Crippen molar-refractivity contribution in [3.05, 3.63) is 34.9 Å². The maximum atomic E-state index is 5.62. The Morgan fingerprint density at radius 2 is 2.20 bits per heavy atom. The number of hydrogen-bond donors (Lipinski definition) is 0. The molecule has 1 aliphatic carbocycles. The van der Waals surface area contributed by atoms with Crippen LogP contribution in [-0.2, 0) is 12.8 Å². The van der Waals surface area contributed by atoms with E-state index < -0.39 is 0 Å². The largest absolute Gasteiger partial charge is 0.493 e. The summed E-state index contributed by atoms with van der Waals surface area (Å²) in [5, 5.41) is 0. The summed E-state index contributed by atoms with van der Waals surface area (Å²) in [6, 6.07) is 4.39. The van der Waals surface area contributed by atoms with E-state index in [4.69, 9.17) is 4.74 Å². The zero-order chi connectivity index (χ0) is 10.3. The Balaban J connectivity index is 2.18. The second-order valence-corrected chi connectivity index (χ2v) is 4.31. The van der Waals surface area contributed by atoms with Crippen LogP contribution in [0.5, 0.6) is 5.75 Å². The SMILES string of the molecule is CCC=C1CCc2ccc3c(c21)CCO3. The zero-order valence-corrected chi connectivity index (χ0v) is 9.18. The Morgan fingerprint density at radius 3 is 3.07 bits per heavy atom. The molecule has 0 unspecified atom stereocenters. The summed E-state index contributed by atoms with van der Waals surface area (Å²) < 4.78 is 5.62. The van der Waals surface area contributed by atoms with Crippen LogP contribution in [0.2, 0.25) is 0 Å². The van der Waals surface area contributed by atoms with E-state index in [9.17, 15) is 0 Å². The minimum Gasteiger partial charge on any atom is -0.493 e.